The third-order valence-corrected chi connectivity index (χ3v) is 10.4. The lowest BCUT2D eigenvalue weighted by Gasteiger charge is -2.35. The van der Waals surface area contributed by atoms with E-state index in [1.54, 1.807) is 0 Å². The van der Waals surface area contributed by atoms with Crippen LogP contribution in [0.5, 0.6) is 0 Å². The Morgan fingerprint density at radius 2 is 1.24 bits per heavy atom. The van der Waals surface area contributed by atoms with E-state index in [0.717, 1.165) is 45.3 Å². The highest BCUT2D eigenvalue weighted by atomic mass is 15.3. The van der Waals surface area contributed by atoms with Crippen molar-refractivity contribution < 1.29 is 0 Å². The summed E-state index contributed by atoms with van der Waals surface area (Å²) in [6, 6.07) is 55.7. The van der Waals surface area contributed by atoms with Crippen LogP contribution in [-0.4, -0.2) is 26.3 Å². The van der Waals surface area contributed by atoms with Crippen LogP contribution in [0.25, 0.3) is 55.6 Å². The zero-order valence-corrected chi connectivity index (χ0v) is 27.6. The first kappa shape index (κ1) is 28.0. The molecule has 1 aliphatic carbocycles. The highest BCUT2D eigenvalue weighted by Gasteiger charge is 2.47. The fraction of sp³-hybridized carbons (Fsp3) is 0.0217. The SMILES string of the molecule is C1=CC2=[N+](c3nc(-c4ccccc4)cc(-c4ccccc4)n3)c3ccccc3N3c4c(ccc5c6ccccc6n(-c6ccccc6)c45)C(=C1)C23. The maximum absolute atomic E-state index is 5.31. The number of para-hydroxylation sites is 4. The summed E-state index contributed by atoms with van der Waals surface area (Å²) < 4.78 is 4.73. The molecule has 11 rings (SSSR count). The molecule has 2 aliphatic heterocycles. The van der Waals surface area contributed by atoms with Crippen molar-refractivity contribution in [1.82, 2.24) is 19.1 Å². The van der Waals surface area contributed by atoms with Gasteiger partial charge in [0.25, 0.3) is 0 Å². The van der Waals surface area contributed by atoms with Crippen molar-refractivity contribution in [1.29, 1.82) is 0 Å². The summed E-state index contributed by atoms with van der Waals surface area (Å²) in [5.41, 5.74) is 14.5. The van der Waals surface area contributed by atoms with E-state index in [9.17, 15) is 0 Å². The Balaban J connectivity index is 1.21. The number of rotatable bonds is 4. The average molecular weight is 653 g/mol. The Kier molecular flexibility index (Phi) is 5.95. The van der Waals surface area contributed by atoms with Crippen molar-refractivity contribution in [3.8, 4) is 28.2 Å². The number of anilines is 2. The number of allylic oxidation sites excluding steroid dienone is 2. The molecule has 0 amide bonds. The molecule has 0 N–H and O–H groups in total. The molecule has 2 aromatic heterocycles. The van der Waals surface area contributed by atoms with Gasteiger partial charge in [-0.05, 0) is 42.0 Å². The zero-order chi connectivity index (χ0) is 33.5. The van der Waals surface area contributed by atoms with E-state index in [4.69, 9.17) is 9.97 Å². The first-order valence-electron chi connectivity index (χ1n) is 17.4. The van der Waals surface area contributed by atoms with Gasteiger partial charge in [0.2, 0.25) is 0 Å². The summed E-state index contributed by atoms with van der Waals surface area (Å²) >= 11 is 0. The van der Waals surface area contributed by atoms with Gasteiger partial charge < -0.3 is 9.47 Å². The van der Waals surface area contributed by atoms with Gasteiger partial charge in [0, 0.05) is 39.2 Å². The van der Waals surface area contributed by atoms with Crippen LogP contribution >= 0.6 is 0 Å². The van der Waals surface area contributed by atoms with Gasteiger partial charge in [0.05, 0.1) is 22.4 Å². The van der Waals surface area contributed by atoms with Gasteiger partial charge >= 0.3 is 5.95 Å². The van der Waals surface area contributed by atoms with E-state index < -0.39 is 0 Å². The van der Waals surface area contributed by atoms with Crippen LogP contribution in [0.15, 0.2) is 176 Å². The molecule has 0 fully saturated rings. The Labute approximate surface area is 295 Å². The minimum Gasteiger partial charge on any atom is -0.322 e. The van der Waals surface area contributed by atoms with Crippen molar-refractivity contribution in [3.63, 3.8) is 0 Å². The van der Waals surface area contributed by atoms with Gasteiger partial charge in [0.1, 0.15) is 17.4 Å². The molecule has 5 nitrogen and oxygen atoms in total. The van der Waals surface area contributed by atoms with E-state index in [1.165, 1.54) is 38.6 Å². The Morgan fingerprint density at radius 1 is 0.588 bits per heavy atom. The van der Waals surface area contributed by atoms with Crippen LogP contribution < -0.4 is 9.48 Å². The second kappa shape index (κ2) is 10.8. The van der Waals surface area contributed by atoms with Crippen LogP contribution in [0.2, 0.25) is 0 Å². The third-order valence-electron chi connectivity index (χ3n) is 10.4. The molecule has 0 bridgehead atoms. The zero-order valence-electron chi connectivity index (χ0n) is 27.6. The third kappa shape index (κ3) is 4.06. The lowest BCUT2D eigenvalue weighted by molar-refractivity contribution is 0.884. The second-order valence-electron chi connectivity index (χ2n) is 13.2. The molecule has 6 aromatic carbocycles. The molecule has 0 saturated carbocycles. The van der Waals surface area contributed by atoms with E-state index in [2.05, 4.69) is 178 Å². The predicted octanol–water partition coefficient (Wildman–Crippen LogP) is 10.7. The molecule has 5 heteroatoms. The van der Waals surface area contributed by atoms with Gasteiger partial charge in [-0.2, -0.15) is 4.58 Å². The molecular formula is C46H30N5+. The monoisotopic (exact) mass is 652 g/mol. The summed E-state index contributed by atoms with van der Waals surface area (Å²) in [7, 11) is 0. The molecule has 0 radical (unpaired) electrons. The fourth-order valence-electron chi connectivity index (χ4n) is 8.32. The fourth-order valence-corrected chi connectivity index (χ4v) is 8.32. The van der Waals surface area contributed by atoms with Gasteiger partial charge in [-0.3, -0.25) is 0 Å². The summed E-state index contributed by atoms with van der Waals surface area (Å²) in [4.78, 5) is 13.2. The minimum atomic E-state index is -0.0584. The maximum atomic E-state index is 5.31. The number of aromatic nitrogens is 3. The normalized spacial score (nSPS) is 15.6. The first-order chi connectivity index (χ1) is 25.3. The highest BCUT2D eigenvalue weighted by Crippen LogP contribution is 2.55. The molecule has 238 valence electrons. The maximum Gasteiger partial charge on any atom is 0.439 e. The second-order valence-corrected chi connectivity index (χ2v) is 13.2. The number of hydrogen-bond donors (Lipinski definition) is 0. The quantitative estimate of drug-likeness (QED) is 0.178. The summed E-state index contributed by atoms with van der Waals surface area (Å²) in [6.07, 6.45) is 6.72. The van der Waals surface area contributed by atoms with Crippen molar-refractivity contribution in [2.45, 2.75) is 6.04 Å². The predicted molar refractivity (Wildman–Crippen MR) is 210 cm³/mol. The molecule has 0 spiro atoms. The van der Waals surface area contributed by atoms with E-state index in [1.807, 2.05) is 12.1 Å². The molecule has 51 heavy (non-hydrogen) atoms. The van der Waals surface area contributed by atoms with Crippen molar-refractivity contribution in [3.05, 3.63) is 182 Å². The largest absolute Gasteiger partial charge is 0.439 e. The Hall–Kier alpha value is -6.85. The number of nitrogens with zero attached hydrogens (tertiary/aromatic N) is 5. The molecule has 8 aromatic rings. The summed E-state index contributed by atoms with van der Waals surface area (Å²) in [5.74, 6) is 0.655. The Bertz CT molecular complexity index is 2740. The van der Waals surface area contributed by atoms with E-state index in [-0.39, 0.29) is 6.04 Å². The Morgan fingerprint density at radius 3 is 1.98 bits per heavy atom. The van der Waals surface area contributed by atoms with Gasteiger partial charge in [-0.25, -0.2) is 0 Å². The van der Waals surface area contributed by atoms with Crippen molar-refractivity contribution in [2.75, 3.05) is 4.90 Å². The van der Waals surface area contributed by atoms with Crippen LogP contribution in [0.3, 0.4) is 0 Å². The van der Waals surface area contributed by atoms with Crippen LogP contribution in [0, 0.1) is 0 Å². The first-order valence-corrected chi connectivity index (χ1v) is 17.4. The number of hydrogen-bond acceptors (Lipinski definition) is 3. The van der Waals surface area contributed by atoms with E-state index >= 15 is 0 Å². The molecular weight excluding hydrogens is 623 g/mol. The molecule has 1 unspecified atom stereocenters. The van der Waals surface area contributed by atoms with Gasteiger partial charge in [0.15, 0.2) is 11.4 Å². The smallest absolute Gasteiger partial charge is 0.322 e. The van der Waals surface area contributed by atoms with Crippen LogP contribution in [0.4, 0.5) is 23.0 Å². The van der Waals surface area contributed by atoms with Gasteiger partial charge in [-0.15, -0.1) is 0 Å². The van der Waals surface area contributed by atoms with Crippen molar-refractivity contribution in [2.24, 2.45) is 0 Å². The molecule has 0 saturated heterocycles. The average Bonchev–Trinajstić information content (AvgIpc) is 3.73. The highest BCUT2D eigenvalue weighted by molar-refractivity contribution is 6.25. The lowest BCUT2D eigenvalue weighted by atomic mass is 9.92. The topological polar surface area (TPSA) is 37.0 Å². The molecule has 1 atom stereocenters. The lowest BCUT2D eigenvalue weighted by Crippen LogP contribution is -2.43. The van der Waals surface area contributed by atoms with Crippen LogP contribution in [-0.2, 0) is 0 Å². The molecule has 4 heterocycles. The summed E-state index contributed by atoms with van der Waals surface area (Å²) in [6.45, 7) is 0. The van der Waals surface area contributed by atoms with Crippen molar-refractivity contribution >= 4 is 56.1 Å². The summed E-state index contributed by atoms with van der Waals surface area (Å²) in [5, 5.41) is 2.49. The van der Waals surface area contributed by atoms with Gasteiger partial charge in [-0.1, -0.05) is 143 Å². The number of fused-ring (bicyclic) bond motifs is 9. The number of benzene rings is 6. The minimum absolute atomic E-state index is 0.0584. The standard InChI is InChI=1S/C46H30N5/c1-4-15-30(16-5-1)37-29-38(31-17-6-2-7-18-31)48-46(47-37)50-40-24-12-13-25-41(40)51-43-34(22-14-26-42(43)50)36-28-27-35-33-21-10-11-23-39(33)49(44(35)45(36)51)32-19-8-3-9-20-32/h1-29,43H/q+1. The molecule has 3 aliphatic rings. The van der Waals surface area contributed by atoms with E-state index in [0.29, 0.717) is 5.95 Å². The van der Waals surface area contributed by atoms with Crippen LogP contribution in [0.1, 0.15) is 5.56 Å².